The fourth-order valence-corrected chi connectivity index (χ4v) is 2.36. The van der Waals surface area contributed by atoms with Gasteiger partial charge in [-0.1, -0.05) is 62.1 Å². The van der Waals surface area contributed by atoms with Crippen LogP contribution < -0.4 is 10.6 Å². The van der Waals surface area contributed by atoms with Gasteiger partial charge >= 0.3 is 0 Å². The Morgan fingerprint density at radius 3 is 2.27 bits per heavy atom. The highest BCUT2D eigenvalue weighted by atomic mass is 16.1. The van der Waals surface area contributed by atoms with Gasteiger partial charge in [0.1, 0.15) is 0 Å². The van der Waals surface area contributed by atoms with Crippen molar-refractivity contribution in [3.05, 3.63) is 48.6 Å². The monoisotopic (exact) mass is 302 g/mol. The Bertz CT molecular complexity index is 403. The quantitative estimate of drug-likeness (QED) is 0.433. The zero-order chi connectivity index (χ0) is 15.9. The molecular formula is C19H30N2O. The highest BCUT2D eigenvalue weighted by Gasteiger charge is 2.01. The molecule has 22 heavy (non-hydrogen) atoms. The highest BCUT2D eigenvalue weighted by Crippen LogP contribution is 2.04. The lowest BCUT2D eigenvalue weighted by Crippen LogP contribution is -2.26. The van der Waals surface area contributed by atoms with Gasteiger partial charge in [-0.15, -0.1) is 6.58 Å². The third-order valence-corrected chi connectivity index (χ3v) is 3.60. The first-order valence-electron chi connectivity index (χ1n) is 8.45. The van der Waals surface area contributed by atoms with Crippen molar-refractivity contribution in [2.45, 2.75) is 44.9 Å². The van der Waals surface area contributed by atoms with Gasteiger partial charge in [0.2, 0.25) is 5.91 Å². The van der Waals surface area contributed by atoms with Crippen molar-refractivity contribution in [1.82, 2.24) is 10.6 Å². The second-order valence-electron chi connectivity index (χ2n) is 5.63. The van der Waals surface area contributed by atoms with E-state index in [1.54, 1.807) is 0 Å². The van der Waals surface area contributed by atoms with Gasteiger partial charge in [0.15, 0.2) is 0 Å². The standard InChI is InChI=1S/C19H30N2O/c1-2-14-20-15-10-5-3-4-6-11-16-21-19(22)17-18-12-8-7-9-13-18/h2,7-9,12-13,20H,1,3-6,10-11,14-17H2,(H,21,22). The maximum atomic E-state index is 11.7. The van der Waals surface area contributed by atoms with Crippen LogP contribution in [0.4, 0.5) is 0 Å². The third kappa shape index (κ3) is 10.2. The lowest BCUT2D eigenvalue weighted by atomic mass is 10.1. The van der Waals surface area contributed by atoms with E-state index in [9.17, 15) is 4.79 Å². The molecule has 0 spiro atoms. The maximum absolute atomic E-state index is 11.7. The van der Waals surface area contributed by atoms with Crippen LogP contribution in [0.5, 0.6) is 0 Å². The molecule has 0 unspecified atom stereocenters. The van der Waals surface area contributed by atoms with E-state index in [0.717, 1.165) is 31.6 Å². The van der Waals surface area contributed by atoms with Crippen molar-refractivity contribution in [2.24, 2.45) is 0 Å². The number of rotatable bonds is 13. The fourth-order valence-electron chi connectivity index (χ4n) is 2.36. The number of hydrogen-bond acceptors (Lipinski definition) is 2. The van der Waals surface area contributed by atoms with Crippen molar-refractivity contribution in [2.75, 3.05) is 19.6 Å². The summed E-state index contributed by atoms with van der Waals surface area (Å²) in [4.78, 5) is 11.7. The topological polar surface area (TPSA) is 41.1 Å². The van der Waals surface area contributed by atoms with Crippen LogP contribution in [0.2, 0.25) is 0 Å². The lowest BCUT2D eigenvalue weighted by molar-refractivity contribution is -0.120. The van der Waals surface area contributed by atoms with Gasteiger partial charge in [0.05, 0.1) is 6.42 Å². The predicted molar refractivity (Wildman–Crippen MR) is 93.9 cm³/mol. The van der Waals surface area contributed by atoms with E-state index < -0.39 is 0 Å². The molecule has 0 radical (unpaired) electrons. The molecule has 0 bridgehead atoms. The molecule has 0 aromatic heterocycles. The smallest absolute Gasteiger partial charge is 0.224 e. The molecule has 0 saturated carbocycles. The van der Waals surface area contributed by atoms with Gasteiger partial charge in [-0.25, -0.2) is 0 Å². The number of nitrogens with one attached hydrogen (secondary N) is 2. The molecule has 0 aliphatic carbocycles. The number of benzene rings is 1. The molecule has 2 N–H and O–H groups in total. The largest absolute Gasteiger partial charge is 0.356 e. The van der Waals surface area contributed by atoms with Gasteiger partial charge in [-0.05, 0) is 24.9 Å². The summed E-state index contributed by atoms with van der Waals surface area (Å²) in [6, 6.07) is 9.88. The molecule has 0 fully saturated rings. The summed E-state index contributed by atoms with van der Waals surface area (Å²) in [7, 11) is 0. The van der Waals surface area contributed by atoms with Crippen LogP contribution in [0, 0.1) is 0 Å². The minimum Gasteiger partial charge on any atom is -0.356 e. The Morgan fingerprint density at radius 2 is 1.59 bits per heavy atom. The van der Waals surface area contributed by atoms with E-state index in [2.05, 4.69) is 17.2 Å². The SMILES string of the molecule is C=CCNCCCCCCCCNC(=O)Cc1ccccc1. The van der Waals surface area contributed by atoms with Crippen LogP contribution in [-0.2, 0) is 11.2 Å². The number of unbranched alkanes of at least 4 members (excludes halogenated alkanes) is 5. The Kier molecular flexibility index (Phi) is 11.0. The maximum Gasteiger partial charge on any atom is 0.224 e. The zero-order valence-corrected chi connectivity index (χ0v) is 13.7. The predicted octanol–water partition coefficient (Wildman–Crippen LogP) is 3.46. The molecule has 1 aromatic carbocycles. The van der Waals surface area contributed by atoms with E-state index in [-0.39, 0.29) is 5.91 Å². The van der Waals surface area contributed by atoms with Crippen LogP contribution in [0.25, 0.3) is 0 Å². The summed E-state index contributed by atoms with van der Waals surface area (Å²) in [6.45, 7) is 6.47. The van der Waals surface area contributed by atoms with E-state index in [0.29, 0.717) is 6.42 Å². The number of carbonyl (C=O) groups excluding carboxylic acids is 1. The molecule has 1 amide bonds. The zero-order valence-electron chi connectivity index (χ0n) is 13.7. The number of hydrogen-bond donors (Lipinski definition) is 2. The van der Waals surface area contributed by atoms with Crippen LogP contribution in [0.3, 0.4) is 0 Å². The molecule has 0 saturated heterocycles. The van der Waals surface area contributed by atoms with Crippen molar-refractivity contribution >= 4 is 5.91 Å². The van der Waals surface area contributed by atoms with Crippen LogP contribution in [0.1, 0.15) is 44.1 Å². The minimum atomic E-state index is 0.125. The molecule has 0 atom stereocenters. The summed E-state index contributed by atoms with van der Waals surface area (Å²) < 4.78 is 0. The second kappa shape index (κ2) is 13.1. The highest BCUT2D eigenvalue weighted by molar-refractivity contribution is 5.78. The average molecular weight is 302 g/mol. The third-order valence-electron chi connectivity index (χ3n) is 3.60. The Balaban J connectivity index is 1.87. The summed E-state index contributed by atoms with van der Waals surface area (Å²) in [5.41, 5.74) is 1.07. The molecule has 1 rings (SSSR count). The summed E-state index contributed by atoms with van der Waals surface area (Å²) in [5.74, 6) is 0.125. The van der Waals surface area contributed by atoms with Crippen LogP contribution >= 0.6 is 0 Å². The number of amides is 1. The van der Waals surface area contributed by atoms with Gasteiger partial charge in [-0.3, -0.25) is 4.79 Å². The Labute approximate surface area is 135 Å². The summed E-state index contributed by atoms with van der Waals surface area (Å²) >= 11 is 0. The Hall–Kier alpha value is -1.61. The molecule has 0 heterocycles. The van der Waals surface area contributed by atoms with Gasteiger partial charge < -0.3 is 10.6 Å². The van der Waals surface area contributed by atoms with Crippen molar-refractivity contribution in [1.29, 1.82) is 0 Å². The van der Waals surface area contributed by atoms with Gasteiger partial charge in [0, 0.05) is 13.1 Å². The van der Waals surface area contributed by atoms with Crippen molar-refractivity contribution < 1.29 is 4.79 Å². The second-order valence-corrected chi connectivity index (χ2v) is 5.63. The van der Waals surface area contributed by atoms with Gasteiger partial charge in [-0.2, -0.15) is 0 Å². The minimum absolute atomic E-state index is 0.125. The van der Waals surface area contributed by atoms with E-state index in [1.165, 1.54) is 32.1 Å². The van der Waals surface area contributed by atoms with Crippen molar-refractivity contribution in [3.63, 3.8) is 0 Å². The molecule has 3 nitrogen and oxygen atoms in total. The van der Waals surface area contributed by atoms with Crippen LogP contribution in [0.15, 0.2) is 43.0 Å². The molecule has 122 valence electrons. The first-order valence-corrected chi connectivity index (χ1v) is 8.45. The molecular weight excluding hydrogens is 272 g/mol. The normalized spacial score (nSPS) is 10.4. The summed E-state index contributed by atoms with van der Waals surface area (Å²) in [5, 5.41) is 6.31. The number of carbonyl (C=O) groups is 1. The van der Waals surface area contributed by atoms with E-state index in [4.69, 9.17) is 0 Å². The fraction of sp³-hybridized carbons (Fsp3) is 0.526. The van der Waals surface area contributed by atoms with E-state index >= 15 is 0 Å². The summed E-state index contributed by atoms with van der Waals surface area (Å²) in [6.07, 6.45) is 9.72. The average Bonchev–Trinajstić information content (AvgIpc) is 2.53. The first kappa shape index (κ1) is 18.4. The molecule has 0 aliphatic heterocycles. The molecule has 1 aromatic rings. The van der Waals surface area contributed by atoms with Crippen LogP contribution in [-0.4, -0.2) is 25.5 Å². The lowest BCUT2D eigenvalue weighted by Gasteiger charge is -2.06. The Morgan fingerprint density at radius 1 is 0.955 bits per heavy atom. The van der Waals surface area contributed by atoms with Gasteiger partial charge in [0.25, 0.3) is 0 Å². The molecule has 3 heteroatoms. The van der Waals surface area contributed by atoms with Crippen molar-refractivity contribution in [3.8, 4) is 0 Å². The van der Waals surface area contributed by atoms with E-state index in [1.807, 2.05) is 36.4 Å². The first-order chi connectivity index (χ1) is 10.8. The molecule has 0 aliphatic rings.